The molecule has 3 rings (SSSR count). The fourth-order valence-electron chi connectivity index (χ4n) is 2.33. The smallest absolute Gasteiger partial charge is 0.320 e. The van der Waals surface area contributed by atoms with E-state index in [-0.39, 0.29) is 24.0 Å². The normalized spacial score (nSPS) is 10.8. The van der Waals surface area contributed by atoms with Gasteiger partial charge in [-0.25, -0.2) is 9.37 Å². The Balaban J connectivity index is 1.99. The van der Waals surface area contributed by atoms with Crippen LogP contribution in [-0.4, -0.2) is 39.8 Å². The average Bonchev–Trinajstić information content (AvgIpc) is 2.93. The number of halogens is 2. The Morgan fingerprint density at radius 3 is 2.85 bits per heavy atom. The zero-order chi connectivity index (χ0) is 18.7. The molecule has 0 bridgehead atoms. The van der Waals surface area contributed by atoms with Gasteiger partial charge in [0.25, 0.3) is 0 Å². The third-order valence-corrected chi connectivity index (χ3v) is 4.17. The molecule has 0 spiro atoms. The van der Waals surface area contributed by atoms with E-state index in [1.54, 1.807) is 17.7 Å². The minimum atomic E-state index is -0.564. The van der Waals surface area contributed by atoms with E-state index in [0.29, 0.717) is 34.6 Å². The van der Waals surface area contributed by atoms with Crippen molar-refractivity contribution in [1.29, 1.82) is 5.26 Å². The summed E-state index contributed by atoms with van der Waals surface area (Å²) >= 11 is 3.37. The van der Waals surface area contributed by atoms with Crippen LogP contribution in [-0.2, 0) is 11.3 Å². The number of ether oxygens (including phenoxy) is 2. The van der Waals surface area contributed by atoms with E-state index in [9.17, 15) is 4.39 Å². The van der Waals surface area contributed by atoms with Crippen LogP contribution in [0.25, 0.3) is 11.2 Å². The van der Waals surface area contributed by atoms with Gasteiger partial charge in [-0.1, -0.05) is 6.07 Å². The molecule has 0 saturated heterocycles. The molecular weight excluding hydrogens is 407 g/mol. The SMILES string of the molecule is COCCOc1nc(N)c2nc(Br)n(Cc3ccc(F)c(C#N)c3)c2n1. The second kappa shape index (κ2) is 7.63. The van der Waals surface area contributed by atoms with Gasteiger partial charge in [-0.05, 0) is 33.6 Å². The fraction of sp³-hybridized carbons (Fsp3) is 0.250. The number of anilines is 1. The Hall–Kier alpha value is -2.77. The van der Waals surface area contributed by atoms with Gasteiger partial charge in [0.1, 0.15) is 18.5 Å². The highest BCUT2D eigenvalue weighted by molar-refractivity contribution is 9.10. The van der Waals surface area contributed by atoms with Gasteiger partial charge in [0.2, 0.25) is 0 Å². The summed E-state index contributed by atoms with van der Waals surface area (Å²) in [4.78, 5) is 12.7. The van der Waals surface area contributed by atoms with E-state index < -0.39 is 5.82 Å². The maximum atomic E-state index is 13.5. The van der Waals surface area contributed by atoms with E-state index in [4.69, 9.17) is 20.5 Å². The second-order valence-electron chi connectivity index (χ2n) is 5.30. The molecule has 3 aromatic rings. The molecule has 0 amide bonds. The molecule has 2 N–H and O–H groups in total. The molecule has 0 atom stereocenters. The highest BCUT2D eigenvalue weighted by atomic mass is 79.9. The summed E-state index contributed by atoms with van der Waals surface area (Å²) in [5, 5.41) is 8.99. The number of nitrogens with two attached hydrogens (primary N) is 1. The molecule has 2 aromatic heterocycles. The van der Waals surface area contributed by atoms with Gasteiger partial charge < -0.3 is 15.2 Å². The minimum absolute atomic E-state index is 0.0271. The second-order valence-corrected chi connectivity index (χ2v) is 6.01. The summed E-state index contributed by atoms with van der Waals surface area (Å²) in [5.74, 6) is -0.384. The first kappa shape index (κ1) is 18.0. The van der Waals surface area contributed by atoms with Gasteiger partial charge >= 0.3 is 6.01 Å². The molecule has 1 aromatic carbocycles. The van der Waals surface area contributed by atoms with Crippen molar-refractivity contribution in [3.8, 4) is 12.1 Å². The van der Waals surface area contributed by atoms with Gasteiger partial charge in [-0.2, -0.15) is 15.2 Å². The minimum Gasteiger partial charge on any atom is -0.461 e. The summed E-state index contributed by atoms with van der Waals surface area (Å²) in [6.07, 6.45) is 0. The van der Waals surface area contributed by atoms with E-state index in [2.05, 4.69) is 30.9 Å². The molecule has 0 saturated carbocycles. The summed E-state index contributed by atoms with van der Waals surface area (Å²) in [6, 6.07) is 6.26. The van der Waals surface area contributed by atoms with Gasteiger partial charge in [-0.3, -0.25) is 4.57 Å². The molecule has 0 fully saturated rings. The number of nitriles is 1. The van der Waals surface area contributed by atoms with Crippen LogP contribution >= 0.6 is 15.9 Å². The molecule has 26 heavy (non-hydrogen) atoms. The molecule has 0 unspecified atom stereocenters. The predicted molar refractivity (Wildman–Crippen MR) is 95.0 cm³/mol. The van der Waals surface area contributed by atoms with Crippen LogP contribution in [0.3, 0.4) is 0 Å². The zero-order valence-corrected chi connectivity index (χ0v) is 15.3. The Labute approximate surface area is 156 Å². The number of nitrogens with zero attached hydrogens (tertiary/aromatic N) is 5. The van der Waals surface area contributed by atoms with Crippen molar-refractivity contribution >= 4 is 32.9 Å². The number of fused-ring (bicyclic) bond motifs is 1. The number of aromatic nitrogens is 4. The Morgan fingerprint density at radius 1 is 1.31 bits per heavy atom. The van der Waals surface area contributed by atoms with E-state index in [1.807, 2.05) is 6.07 Å². The molecule has 0 radical (unpaired) electrons. The standard InChI is InChI=1S/C16H14BrFN6O2/c1-25-4-5-26-16-22-13(20)12-14(23-16)24(15(17)21-12)8-9-2-3-11(18)10(6-9)7-19/h2-3,6H,4-5,8H2,1H3,(H2,20,22,23). The third kappa shape index (κ3) is 3.58. The van der Waals surface area contributed by atoms with Crippen molar-refractivity contribution in [1.82, 2.24) is 19.5 Å². The number of hydrogen-bond donors (Lipinski definition) is 1. The third-order valence-electron chi connectivity index (χ3n) is 3.57. The fourth-order valence-corrected chi connectivity index (χ4v) is 2.81. The van der Waals surface area contributed by atoms with Crippen LogP contribution in [0, 0.1) is 17.1 Å². The van der Waals surface area contributed by atoms with Crippen LogP contribution in [0.4, 0.5) is 10.2 Å². The first-order valence-electron chi connectivity index (χ1n) is 7.53. The van der Waals surface area contributed by atoms with Crippen molar-refractivity contribution < 1.29 is 13.9 Å². The van der Waals surface area contributed by atoms with Crippen molar-refractivity contribution in [3.63, 3.8) is 0 Å². The van der Waals surface area contributed by atoms with Gasteiger partial charge in [0, 0.05) is 7.11 Å². The summed E-state index contributed by atoms with van der Waals surface area (Å²) in [5.41, 5.74) is 7.51. The number of imidazole rings is 1. The number of hydrogen-bond acceptors (Lipinski definition) is 7. The number of methoxy groups -OCH3 is 1. The van der Waals surface area contributed by atoms with Crippen LogP contribution < -0.4 is 10.5 Å². The molecule has 8 nitrogen and oxygen atoms in total. The Morgan fingerprint density at radius 2 is 2.12 bits per heavy atom. The van der Waals surface area contributed by atoms with E-state index in [1.165, 1.54) is 12.1 Å². The quantitative estimate of drug-likeness (QED) is 0.480. The topological polar surface area (TPSA) is 112 Å². The number of benzene rings is 1. The molecule has 0 aliphatic heterocycles. The Bertz CT molecular complexity index is 1000. The maximum Gasteiger partial charge on any atom is 0.320 e. The van der Waals surface area contributed by atoms with Crippen molar-refractivity contribution in [3.05, 3.63) is 39.9 Å². The zero-order valence-electron chi connectivity index (χ0n) is 13.7. The largest absolute Gasteiger partial charge is 0.461 e. The molecule has 0 aliphatic rings. The van der Waals surface area contributed by atoms with Crippen LogP contribution in [0.1, 0.15) is 11.1 Å². The lowest BCUT2D eigenvalue weighted by Crippen LogP contribution is -2.09. The highest BCUT2D eigenvalue weighted by Crippen LogP contribution is 2.25. The molecule has 2 heterocycles. The van der Waals surface area contributed by atoms with E-state index in [0.717, 1.165) is 0 Å². The van der Waals surface area contributed by atoms with Crippen LogP contribution in [0.5, 0.6) is 6.01 Å². The lowest BCUT2D eigenvalue weighted by atomic mass is 10.1. The first-order chi connectivity index (χ1) is 12.5. The van der Waals surface area contributed by atoms with Crippen molar-refractivity contribution in [2.45, 2.75) is 6.54 Å². The first-order valence-corrected chi connectivity index (χ1v) is 8.32. The summed E-state index contributed by atoms with van der Waals surface area (Å²) in [7, 11) is 1.56. The van der Waals surface area contributed by atoms with Gasteiger partial charge in [-0.15, -0.1) is 0 Å². The number of rotatable bonds is 6. The summed E-state index contributed by atoms with van der Waals surface area (Å²) < 4.78 is 26.1. The molecular formula is C16H14BrFN6O2. The lowest BCUT2D eigenvalue weighted by Gasteiger charge is -2.08. The van der Waals surface area contributed by atoms with E-state index >= 15 is 0 Å². The highest BCUT2D eigenvalue weighted by Gasteiger charge is 2.17. The molecule has 134 valence electrons. The number of nitrogen functional groups attached to an aromatic ring is 1. The maximum absolute atomic E-state index is 13.5. The monoisotopic (exact) mass is 420 g/mol. The lowest BCUT2D eigenvalue weighted by molar-refractivity contribution is 0.141. The molecule has 10 heteroatoms. The van der Waals surface area contributed by atoms with Crippen molar-refractivity contribution in [2.24, 2.45) is 0 Å². The molecule has 0 aliphatic carbocycles. The van der Waals surface area contributed by atoms with Gasteiger partial charge in [0.15, 0.2) is 21.7 Å². The van der Waals surface area contributed by atoms with Crippen LogP contribution in [0.15, 0.2) is 22.9 Å². The average molecular weight is 421 g/mol. The van der Waals surface area contributed by atoms with Crippen molar-refractivity contribution in [2.75, 3.05) is 26.1 Å². The summed E-state index contributed by atoms with van der Waals surface area (Å²) in [6.45, 7) is 0.969. The Kier molecular flexibility index (Phi) is 5.29. The van der Waals surface area contributed by atoms with Gasteiger partial charge in [0.05, 0.1) is 18.7 Å². The van der Waals surface area contributed by atoms with Crippen LogP contribution in [0.2, 0.25) is 0 Å². The predicted octanol–water partition coefficient (Wildman–Crippen LogP) is 2.26.